The Hall–Kier alpha value is -0.683. The predicted molar refractivity (Wildman–Crippen MR) is 74.5 cm³/mol. The van der Waals surface area contributed by atoms with Crippen LogP contribution in [0.5, 0.6) is 0 Å². The summed E-state index contributed by atoms with van der Waals surface area (Å²) >= 11 is 0. The van der Waals surface area contributed by atoms with Crippen LogP contribution in [0.2, 0.25) is 25.7 Å². The highest BCUT2D eigenvalue weighted by molar-refractivity contribution is 7.90. The van der Waals surface area contributed by atoms with Crippen LogP contribution in [0.15, 0.2) is 24.4 Å². The van der Waals surface area contributed by atoms with Crippen molar-refractivity contribution in [3.63, 3.8) is 0 Å². The van der Waals surface area contributed by atoms with Gasteiger partial charge in [0.1, 0.15) is 0 Å². The van der Waals surface area contributed by atoms with E-state index in [-0.39, 0.29) is 11.5 Å². The Kier molecular flexibility index (Phi) is 4.88. The van der Waals surface area contributed by atoms with Gasteiger partial charge in [0, 0.05) is 14.3 Å². The van der Waals surface area contributed by atoms with E-state index in [9.17, 15) is 8.42 Å². The number of nitrogens with zero attached hydrogens (tertiary/aromatic N) is 1. The van der Waals surface area contributed by atoms with Crippen molar-refractivity contribution in [3.05, 3.63) is 30.1 Å². The van der Waals surface area contributed by atoms with Crippen LogP contribution >= 0.6 is 0 Å². The van der Waals surface area contributed by atoms with Crippen LogP contribution in [0.4, 0.5) is 0 Å². The lowest BCUT2D eigenvalue weighted by Gasteiger charge is -2.14. The molecular formula is C12H21NO2SSi. The number of hydrogen-bond acceptors (Lipinski definition) is 3. The first-order valence-electron chi connectivity index (χ1n) is 5.89. The topological polar surface area (TPSA) is 47.0 Å². The standard InChI is InChI=1S/C12H21NO2SSi/c1-17(2,3)10-6-9-16(14,15)11-12-7-4-5-8-13-12/h4-5,7-8H,6,9-11H2,1-3H3. The zero-order chi connectivity index (χ0) is 12.9. The first-order valence-corrected chi connectivity index (χ1v) is 11.4. The Morgan fingerprint density at radius 1 is 1.24 bits per heavy atom. The third-order valence-corrected chi connectivity index (χ3v) is 5.98. The van der Waals surface area contributed by atoms with E-state index in [1.807, 2.05) is 6.07 Å². The van der Waals surface area contributed by atoms with Crippen molar-refractivity contribution in [2.45, 2.75) is 37.9 Å². The Morgan fingerprint density at radius 2 is 1.94 bits per heavy atom. The molecule has 0 atom stereocenters. The van der Waals surface area contributed by atoms with Gasteiger partial charge in [-0.05, 0) is 18.6 Å². The molecule has 0 aromatic carbocycles. The minimum absolute atomic E-state index is 0.0690. The zero-order valence-corrected chi connectivity index (χ0v) is 12.6. The quantitative estimate of drug-likeness (QED) is 0.747. The fraction of sp³-hybridized carbons (Fsp3) is 0.583. The van der Waals surface area contributed by atoms with Gasteiger partial charge in [-0.25, -0.2) is 8.42 Å². The van der Waals surface area contributed by atoms with Crippen LogP contribution in [-0.4, -0.2) is 27.2 Å². The second kappa shape index (κ2) is 5.77. The highest BCUT2D eigenvalue weighted by Gasteiger charge is 2.17. The van der Waals surface area contributed by atoms with Crippen molar-refractivity contribution >= 4 is 17.9 Å². The SMILES string of the molecule is C[Si](C)(C)CCCS(=O)(=O)Cc1ccccn1. The average Bonchev–Trinajstić information content (AvgIpc) is 2.15. The van der Waals surface area contributed by atoms with Crippen LogP contribution in [-0.2, 0) is 15.6 Å². The molecule has 0 N–H and O–H groups in total. The van der Waals surface area contributed by atoms with E-state index < -0.39 is 17.9 Å². The zero-order valence-electron chi connectivity index (χ0n) is 10.8. The summed E-state index contributed by atoms with van der Waals surface area (Å²) in [7, 11) is -4.13. The van der Waals surface area contributed by atoms with Crippen molar-refractivity contribution in [1.29, 1.82) is 0 Å². The monoisotopic (exact) mass is 271 g/mol. The van der Waals surface area contributed by atoms with Crippen molar-refractivity contribution in [3.8, 4) is 0 Å². The summed E-state index contributed by atoms with van der Waals surface area (Å²) in [6.45, 7) is 6.79. The molecule has 96 valence electrons. The molecule has 0 unspecified atom stereocenters. The van der Waals surface area contributed by atoms with E-state index >= 15 is 0 Å². The largest absolute Gasteiger partial charge is 0.260 e. The van der Waals surface area contributed by atoms with Gasteiger partial charge in [-0.3, -0.25) is 4.98 Å². The van der Waals surface area contributed by atoms with Crippen LogP contribution < -0.4 is 0 Å². The van der Waals surface area contributed by atoms with Gasteiger partial charge in [-0.2, -0.15) is 0 Å². The lowest BCUT2D eigenvalue weighted by molar-refractivity contribution is 0.593. The van der Waals surface area contributed by atoms with Crippen molar-refractivity contribution in [1.82, 2.24) is 4.98 Å². The van der Waals surface area contributed by atoms with Crippen molar-refractivity contribution < 1.29 is 8.42 Å². The molecule has 0 saturated heterocycles. The summed E-state index contributed by atoms with van der Waals surface area (Å²) < 4.78 is 23.7. The second-order valence-electron chi connectivity index (χ2n) is 5.58. The molecule has 0 aliphatic rings. The summed E-state index contributed by atoms with van der Waals surface area (Å²) in [4.78, 5) is 4.05. The maximum absolute atomic E-state index is 11.9. The van der Waals surface area contributed by atoms with Gasteiger partial charge in [0.2, 0.25) is 0 Å². The number of rotatable bonds is 6. The molecule has 0 saturated carbocycles. The van der Waals surface area contributed by atoms with Gasteiger partial charge >= 0.3 is 0 Å². The maximum atomic E-state index is 11.9. The van der Waals surface area contributed by atoms with E-state index in [0.717, 1.165) is 12.5 Å². The van der Waals surface area contributed by atoms with E-state index in [0.29, 0.717) is 5.69 Å². The minimum Gasteiger partial charge on any atom is -0.260 e. The number of sulfone groups is 1. The predicted octanol–water partition coefficient (Wildman–Crippen LogP) is 2.72. The molecule has 0 bridgehead atoms. The first kappa shape index (κ1) is 14.4. The molecular weight excluding hydrogens is 250 g/mol. The van der Waals surface area contributed by atoms with Gasteiger partial charge in [-0.15, -0.1) is 0 Å². The Labute approximate surface area is 105 Å². The fourth-order valence-electron chi connectivity index (χ4n) is 1.60. The highest BCUT2D eigenvalue weighted by Crippen LogP contribution is 2.13. The number of pyridine rings is 1. The third-order valence-electron chi connectivity index (χ3n) is 2.48. The molecule has 5 heteroatoms. The molecule has 0 spiro atoms. The minimum atomic E-state index is -3.00. The van der Waals surface area contributed by atoms with Crippen LogP contribution in [0.3, 0.4) is 0 Å². The molecule has 0 aliphatic heterocycles. The number of aromatic nitrogens is 1. The maximum Gasteiger partial charge on any atom is 0.155 e. The Morgan fingerprint density at radius 3 is 2.47 bits per heavy atom. The summed E-state index contributed by atoms with van der Waals surface area (Å²) in [5.41, 5.74) is 0.639. The van der Waals surface area contributed by atoms with Gasteiger partial charge in [0.25, 0.3) is 0 Å². The summed E-state index contributed by atoms with van der Waals surface area (Å²) in [6.07, 6.45) is 2.41. The molecule has 0 radical (unpaired) electrons. The van der Waals surface area contributed by atoms with Gasteiger partial charge in [-0.1, -0.05) is 31.8 Å². The van der Waals surface area contributed by atoms with Crippen LogP contribution in [0.25, 0.3) is 0 Å². The molecule has 0 amide bonds. The molecule has 0 fully saturated rings. The van der Waals surface area contributed by atoms with E-state index in [4.69, 9.17) is 0 Å². The third kappa shape index (κ3) is 6.58. The lowest BCUT2D eigenvalue weighted by Crippen LogP contribution is -2.21. The molecule has 1 aromatic heterocycles. The van der Waals surface area contributed by atoms with Gasteiger partial charge in [0.05, 0.1) is 17.2 Å². The van der Waals surface area contributed by atoms with Crippen LogP contribution in [0.1, 0.15) is 12.1 Å². The van der Waals surface area contributed by atoms with Gasteiger partial charge in [0.15, 0.2) is 9.84 Å². The van der Waals surface area contributed by atoms with E-state index in [2.05, 4.69) is 24.6 Å². The molecule has 1 aromatic rings. The second-order valence-corrected chi connectivity index (χ2v) is 13.4. The normalized spacial score (nSPS) is 12.6. The molecule has 17 heavy (non-hydrogen) atoms. The molecule has 1 rings (SSSR count). The molecule has 3 nitrogen and oxygen atoms in total. The lowest BCUT2D eigenvalue weighted by atomic mass is 10.4. The summed E-state index contributed by atoms with van der Waals surface area (Å²) in [6, 6.07) is 6.44. The molecule has 1 heterocycles. The van der Waals surface area contributed by atoms with Gasteiger partial charge < -0.3 is 0 Å². The Bertz CT molecular complexity index is 437. The smallest absolute Gasteiger partial charge is 0.155 e. The Balaban J connectivity index is 2.48. The summed E-state index contributed by atoms with van der Waals surface area (Å²) in [5.74, 6) is 0.355. The highest BCUT2D eigenvalue weighted by atomic mass is 32.2. The summed E-state index contributed by atoms with van der Waals surface area (Å²) in [5, 5.41) is 0. The van der Waals surface area contributed by atoms with Crippen molar-refractivity contribution in [2.75, 3.05) is 5.75 Å². The fourth-order valence-corrected chi connectivity index (χ4v) is 4.45. The number of hydrogen-bond donors (Lipinski definition) is 0. The average molecular weight is 271 g/mol. The van der Waals surface area contributed by atoms with Crippen LogP contribution in [0, 0.1) is 0 Å². The first-order chi connectivity index (χ1) is 7.79. The van der Waals surface area contributed by atoms with E-state index in [1.165, 1.54) is 0 Å². The molecule has 0 aliphatic carbocycles. The van der Waals surface area contributed by atoms with Crippen molar-refractivity contribution in [2.24, 2.45) is 0 Å². The van der Waals surface area contributed by atoms with E-state index in [1.54, 1.807) is 18.3 Å².